The van der Waals surface area contributed by atoms with E-state index in [1.807, 2.05) is 0 Å². The van der Waals surface area contributed by atoms with Crippen LogP contribution in [0, 0.1) is 0 Å². The molecule has 1 fully saturated rings. The molecule has 3 heteroatoms. The third-order valence-electron chi connectivity index (χ3n) is 2.35. The molecule has 0 aromatic heterocycles. The van der Waals surface area contributed by atoms with Crippen molar-refractivity contribution in [3.63, 3.8) is 0 Å². The van der Waals surface area contributed by atoms with Gasteiger partial charge >= 0.3 is 0 Å². The first-order chi connectivity index (χ1) is 5.54. The van der Waals surface area contributed by atoms with Crippen molar-refractivity contribution in [2.45, 2.75) is 32.4 Å². The summed E-state index contributed by atoms with van der Waals surface area (Å²) in [4.78, 5) is 2.42. The Kier molecular flexibility index (Phi) is 3.09. The van der Waals surface area contributed by atoms with Crippen LogP contribution in [0.4, 0.5) is 0 Å². The molecule has 0 radical (unpaired) electrons. The highest BCUT2D eigenvalue weighted by molar-refractivity contribution is 4.81. The van der Waals surface area contributed by atoms with Crippen LogP contribution < -0.4 is 5.73 Å². The molecule has 1 heterocycles. The van der Waals surface area contributed by atoms with Gasteiger partial charge in [-0.1, -0.05) is 0 Å². The highest BCUT2D eigenvalue weighted by Gasteiger charge is 2.27. The SMILES string of the molecule is CC(C)(C)N1CCO[C@@H](CN)C1. The molecule has 0 spiro atoms. The standard InChI is InChI=1S/C9H20N2O/c1-9(2,3)11-4-5-12-8(6-10)7-11/h8H,4-7,10H2,1-3H3/t8-/m0/s1. The largest absolute Gasteiger partial charge is 0.374 e. The molecule has 2 N–H and O–H groups in total. The Labute approximate surface area is 74.9 Å². The number of rotatable bonds is 1. The molecule has 1 atom stereocenters. The van der Waals surface area contributed by atoms with Gasteiger partial charge in [0.2, 0.25) is 0 Å². The van der Waals surface area contributed by atoms with Gasteiger partial charge in [-0.05, 0) is 20.8 Å². The summed E-state index contributed by atoms with van der Waals surface area (Å²) >= 11 is 0. The van der Waals surface area contributed by atoms with E-state index in [4.69, 9.17) is 10.5 Å². The monoisotopic (exact) mass is 172 g/mol. The van der Waals surface area contributed by atoms with Crippen LogP contribution >= 0.6 is 0 Å². The predicted octanol–water partition coefficient (Wildman–Crippen LogP) is 0.444. The molecule has 1 aliphatic rings. The summed E-state index contributed by atoms with van der Waals surface area (Å²) in [6, 6.07) is 0. The van der Waals surface area contributed by atoms with Crippen molar-refractivity contribution >= 4 is 0 Å². The summed E-state index contributed by atoms with van der Waals surface area (Å²) in [6.45, 7) is 10.1. The smallest absolute Gasteiger partial charge is 0.0824 e. The number of nitrogens with zero attached hydrogens (tertiary/aromatic N) is 1. The van der Waals surface area contributed by atoms with Crippen LogP contribution in [0.5, 0.6) is 0 Å². The van der Waals surface area contributed by atoms with E-state index in [0.29, 0.717) is 6.54 Å². The molecule has 1 aliphatic heterocycles. The Morgan fingerprint density at radius 2 is 2.17 bits per heavy atom. The maximum Gasteiger partial charge on any atom is 0.0824 e. The average molecular weight is 172 g/mol. The van der Waals surface area contributed by atoms with Gasteiger partial charge in [-0.2, -0.15) is 0 Å². The van der Waals surface area contributed by atoms with Crippen LogP contribution in [-0.2, 0) is 4.74 Å². The van der Waals surface area contributed by atoms with Crippen molar-refractivity contribution in [1.29, 1.82) is 0 Å². The third-order valence-corrected chi connectivity index (χ3v) is 2.35. The number of nitrogens with two attached hydrogens (primary N) is 1. The average Bonchev–Trinajstić information content (AvgIpc) is 2.03. The fourth-order valence-corrected chi connectivity index (χ4v) is 1.47. The molecule has 0 amide bonds. The molecule has 0 saturated carbocycles. The minimum Gasteiger partial charge on any atom is -0.374 e. The molecule has 0 aromatic carbocycles. The van der Waals surface area contributed by atoms with Gasteiger partial charge in [0.25, 0.3) is 0 Å². The molecule has 0 aromatic rings. The third kappa shape index (κ3) is 2.44. The molecule has 3 nitrogen and oxygen atoms in total. The van der Waals surface area contributed by atoms with Crippen molar-refractivity contribution < 1.29 is 4.74 Å². The van der Waals surface area contributed by atoms with Crippen molar-refractivity contribution in [2.24, 2.45) is 5.73 Å². The van der Waals surface area contributed by atoms with Crippen molar-refractivity contribution in [3.8, 4) is 0 Å². The van der Waals surface area contributed by atoms with Gasteiger partial charge in [-0.15, -0.1) is 0 Å². The Hall–Kier alpha value is -0.120. The quantitative estimate of drug-likeness (QED) is 0.624. The van der Waals surface area contributed by atoms with Crippen LogP contribution in [0.15, 0.2) is 0 Å². The zero-order valence-electron chi connectivity index (χ0n) is 8.34. The van der Waals surface area contributed by atoms with Crippen LogP contribution in [0.1, 0.15) is 20.8 Å². The first kappa shape index (κ1) is 9.96. The van der Waals surface area contributed by atoms with Crippen molar-refractivity contribution in [2.75, 3.05) is 26.2 Å². The summed E-state index contributed by atoms with van der Waals surface area (Å²) in [5, 5.41) is 0. The molecule has 0 unspecified atom stereocenters. The van der Waals surface area contributed by atoms with E-state index in [1.165, 1.54) is 0 Å². The predicted molar refractivity (Wildman–Crippen MR) is 50.1 cm³/mol. The normalized spacial score (nSPS) is 27.5. The van der Waals surface area contributed by atoms with Crippen LogP contribution in [-0.4, -0.2) is 42.8 Å². The molecule has 0 aliphatic carbocycles. The lowest BCUT2D eigenvalue weighted by Crippen LogP contribution is -2.53. The molecule has 1 rings (SSSR count). The van der Waals surface area contributed by atoms with Crippen LogP contribution in [0.25, 0.3) is 0 Å². The second kappa shape index (κ2) is 3.73. The second-order valence-electron chi connectivity index (χ2n) is 4.35. The van der Waals surface area contributed by atoms with Gasteiger partial charge in [0.1, 0.15) is 0 Å². The maximum absolute atomic E-state index is 5.56. The number of ether oxygens (including phenoxy) is 1. The Bertz CT molecular complexity index is 142. The lowest BCUT2D eigenvalue weighted by atomic mass is 10.0. The molecule has 72 valence electrons. The summed E-state index contributed by atoms with van der Waals surface area (Å²) in [5.74, 6) is 0. The van der Waals surface area contributed by atoms with Gasteiger partial charge in [-0.3, -0.25) is 4.90 Å². The van der Waals surface area contributed by atoms with E-state index < -0.39 is 0 Å². The van der Waals surface area contributed by atoms with Crippen LogP contribution in [0.3, 0.4) is 0 Å². The van der Waals surface area contributed by atoms with E-state index >= 15 is 0 Å². The highest BCUT2D eigenvalue weighted by Crippen LogP contribution is 2.16. The van der Waals surface area contributed by atoms with Crippen molar-refractivity contribution in [3.05, 3.63) is 0 Å². The van der Waals surface area contributed by atoms with E-state index in [2.05, 4.69) is 25.7 Å². The molecule has 0 bridgehead atoms. The van der Waals surface area contributed by atoms with Crippen LogP contribution in [0.2, 0.25) is 0 Å². The van der Waals surface area contributed by atoms with E-state index in [-0.39, 0.29) is 11.6 Å². The number of morpholine rings is 1. The number of hydrogen-bond acceptors (Lipinski definition) is 3. The summed E-state index contributed by atoms with van der Waals surface area (Å²) in [5.41, 5.74) is 5.80. The van der Waals surface area contributed by atoms with E-state index in [1.54, 1.807) is 0 Å². The fraction of sp³-hybridized carbons (Fsp3) is 1.00. The lowest BCUT2D eigenvalue weighted by molar-refractivity contribution is -0.0533. The fourth-order valence-electron chi connectivity index (χ4n) is 1.47. The minimum absolute atomic E-state index is 0.234. The Balaban J connectivity index is 2.46. The lowest BCUT2D eigenvalue weighted by Gasteiger charge is -2.41. The van der Waals surface area contributed by atoms with Gasteiger partial charge < -0.3 is 10.5 Å². The Morgan fingerprint density at radius 1 is 1.50 bits per heavy atom. The minimum atomic E-state index is 0.234. The summed E-state index contributed by atoms with van der Waals surface area (Å²) in [6.07, 6.45) is 0.234. The van der Waals surface area contributed by atoms with E-state index in [9.17, 15) is 0 Å². The molecule has 1 saturated heterocycles. The molecular formula is C9H20N2O. The first-order valence-electron chi connectivity index (χ1n) is 4.61. The van der Waals surface area contributed by atoms with E-state index in [0.717, 1.165) is 19.7 Å². The van der Waals surface area contributed by atoms with Crippen molar-refractivity contribution in [1.82, 2.24) is 4.90 Å². The highest BCUT2D eigenvalue weighted by atomic mass is 16.5. The maximum atomic E-state index is 5.56. The summed E-state index contributed by atoms with van der Waals surface area (Å²) in [7, 11) is 0. The molecular weight excluding hydrogens is 152 g/mol. The van der Waals surface area contributed by atoms with Gasteiger partial charge in [0.05, 0.1) is 12.7 Å². The first-order valence-corrected chi connectivity index (χ1v) is 4.61. The Morgan fingerprint density at radius 3 is 2.67 bits per heavy atom. The number of hydrogen-bond donors (Lipinski definition) is 1. The zero-order valence-corrected chi connectivity index (χ0v) is 8.34. The van der Waals surface area contributed by atoms with Gasteiger partial charge in [0.15, 0.2) is 0 Å². The second-order valence-corrected chi connectivity index (χ2v) is 4.35. The van der Waals surface area contributed by atoms with Gasteiger partial charge in [-0.25, -0.2) is 0 Å². The molecule has 12 heavy (non-hydrogen) atoms. The topological polar surface area (TPSA) is 38.5 Å². The van der Waals surface area contributed by atoms with Gasteiger partial charge in [0, 0.05) is 25.2 Å². The summed E-state index contributed by atoms with van der Waals surface area (Å²) < 4.78 is 5.49. The zero-order chi connectivity index (χ0) is 9.19.